The number of amides is 1. The molecule has 0 aliphatic carbocycles. The monoisotopic (exact) mass is 507 g/mol. The zero-order valence-electron chi connectivity index (χ0n) is 21.7. The van der Waals surface area contributed by atoms with E-state index in [-0.39, 0.29) is 12.3 Å². The molecule has 1 amide bonds. The van der Waals surface area contributed by atoms with Gasteiger partial charge in [-0.25, -0.2) is 0 Å². The summed E-state index contributed by atoms with van der Waals surface area (Å²) in [6.45, 7) is 0.866. The van der Waals surface area contributed by atoms with Gasteiger partial charge in [0.2, 0.25) is 5.75 Å². The van der Waals surface area contributed by atoms with Crippen LogP contribution in [0.4, 0.5) is 0 Å². The number of aryl methyl sites for hydroxylation is 1. The van der Waals surface area contributed by atoms with Gasteiger partial charge in [0.15, 0.2) is 11.5 Å². The lowest BCUT2D eigenvalue weighted by atomic mass is 10.1. The van der Waals surface area contributed by atoms with E-state index in [0.717, 1.165) is 29.7 Å². The smallest absolute Gasteiger partial charge is 0.307 e. The highest BCUT2D eigenvalue weighted by molar-refractivity contribution is 5.95. The number of methoxy groups -OCH3 is 4. The third-order valence-corrected chi connectivity index (χ3v) is 5.98. The van der Waals surface area contributed by atoms with Crippen molar-refractivity contribution < 1.29 is 33.6 Å². The molecule has 0 aliphatic rings. The van der Waals surface area contributed by atoms with Crippen molar-refractivity contribution in [2.24, 2.45) is 0 Å². The number of benzene rings is 3. The van der Waals surface area contributed by atoms with Gasteiger partial charge in [0.05, 0.1) is 34.9 Å². The summed E-state index contributed by atoms with van der Waals surface area (Å²) in [5.74, 6) is 0.951. The molecule has 1 N–H and O–H groups in total. The third-order valence-electron chi connectivity index (χ3n) is 5.98. The molecule has 8 nitrogen and oxygen atoms in total. The lowest BCUT2D eigenvalue weighted by molar-refractivity contribution is -0.136. The summed E-state index contributed by atoms with van der Waals surface area (Å²) < 4.78 is 21.6. The predicted octanol–water partition coefficient (Wildman–Crippen LogP) is 4.62. The minimum Gasteiger partial charge on any atom is -0.497 e. The Morgan fingerprint density at radius 1 is 0.784 bits per heavy atom. The number of hydrogen-bond acceptors (Lipinski definition) is 6. The number of carbonyl (C=O) groups excluding carboxylic acids is 1. The van der Waals surface area contributed by atoms with Gasteiger partial charge in [-0.2, -0.15) is 0 Å². The van der Waals surface area contributed by atoms with Gasteiger partial charge in [-0.15, -0.1) is 0 Å². The van der Waals surface area contributed by atoms with Crippen molar-refractivity contribution in [3.05, 3.63) is 82.9 Å². The summed E-state index contributed by atoms with van der Waals surface area (Å²) in [4.78, 5) is 26.5. The highest BCUT2D eigenvalue weighted by atomic mass is 16.5. The molecule has 196 valence electrons. The van der Waals surface area contributed by atoms with Crippen LogP contribution in [-0.2, 0) is 24.2 Å². The quantitative estimate of drug-likeness (QED) is 0.361. The normalized spacial score (nSPS) is 10.5. The van der Waals surface area contributed by atoms with Crippen molar-refractivity contribution in [1.82, 2.24) is 4.90 Å². The largest absolute Gasteiger partial charge is 0.497 e. The van der Waals surface area contributed by atoms with Gasteiger partial charge in [0.1, 0.15) is 5.75 Å². The van der Waals surface area contributed by atoms with E-state index in [1.807, 2.05) is 36.4 Å². The van der Waals surface area contributed by atoms with Crippen LogP contribution in [0.15, 0.2) is 60.7 Å². The molecule has 0 spiro atoms. The van der Waals surface area contributed by atoms with E-state index < -0.39 is 5.97 Å². The Morgan fingerprint density at radius 3 is 2.00 bits per heavy atom. The van der Waals surface area contributed by atoms with E-state index in [1.54, 1.807) is 36.3 Å². The molecule has 0 heterocycles. The summed E-state index contributed by atoms with van der Waals surface area (Å²) in [6, 6.07) is 18.4. The first kappa shape index (κ1) is 27.4. The van der Waals surface area contributed by atoms with Crippen LogP contribution in [0.3, 0.4) is 0 Å². The SMILES string of the molecule is COc1cccc(CCCN(Cc2ccc(CC(=O)O)cc2)C(=O)c2cc(OC)c(OC)c(OC)c2)c1. The van der Waals surface area contributed by atoms with Gasteiger partial charge in [0.25, 0.3) is 5.91 Å². The summed E-state index contributed by atoms with van der Waals surface area (Å²) in [7, 11) is 6.17. The van der Waals surface area contributed by atoms with Crippen molar-refractivity contribution in [3.8, 4) is 23.0 Å². The molecule has 37 heavy (non-hydrogen) atoms. The average Bonchev–Trinajstić information content (AvgIpc) is 2.92. The van der Waals surface area contributed by atoms with Crippen LogP contribution >= 0.6 is 0 Å². The number of ether oxygens (including phenoxy) is 4. The third kappa shape index (κ3) is 7.39. The second-order valence-corrected chi connectivity index (χ2v) is 8.48. The van der Waals surface area contributed by atoms with E-state index in [0.29, 0.717) is 41.5 Å². The number of rotatable bonds is 13. The van der Waals surface area contributed by atoms with Crippen molar-refractivity contribution in [1.29, 1.82) is 0 Å². The number of aliphatic carboxylic acids is 1. The maximum Gasteiger partial charge on any atom is 0.307 e. The van der Waals surface area contributed by atoms with Gasteiger partial charge in [-0.05, 0) is 53.8 Å². The van der Waals surface area contributed by atoms with Crippen molar-refractivity contribution in [2.75, 3.05) is 35.0 Å². The minimum atomic E-state index is -0.885. The Bertz CT molecular complexity index is 1180. The zero-order chi connectivity index (χ0) is 26.8. The maximum absolute atomic E-state index is 13.7. The van der Waals surface area contributed by atoms with Crippen LogP contribution in [0, 0.1) is 0 Å². The van der Waals surface area contributed by atoms with Crippen LogP contribution in [0.25, 0.3) is 0 Å². The second kappa shape index (κ2) is 13.2. The molecule has 8 heteroatoms. The van der Waals surface area contributed by atoms with Gasteiger partial charge >= 0.3 is 5.97 Å². The molecule has 0 radical (unpaired) electrons. The highest BCUT2D eigenvalue weighted by Gasteiger charge is 2.21. The Kier molecular flexibility index (Phi) is 9.77. The molecule has 0 aromatic heterocycles. The van der Waals surface area contributed by atoms with Crippen molar-refractivity contribution >= 4 is 11.9 Å². The summed E-state index contributed by atoms with van der Waals surface area (Å²) in [6.07, 6.45) is 1.46. The van der Waals surface area contributed by atoms with Crippen molar-refractivity contribution in [2.45, 2.75) is 25.8 Å². The van der Waals surface area contributed by atoms with Gasteiger partial charge in [0, 0.05) is 18.7 Å². The van der Waals surface area contributed by atoms with E-state index in [4.69, 9.17) is 24.1 Å². The topological polar surface area (TPSA) is 94.5 Å². The molecule has 0 atom stereocenters. The minimum absolute atomic E-state index is 0.0467. The average molecular weight is 508 g/mol. The Morgan fingerprint density at radius 2 is 1.43 bits per heavy atom. The molecule has 3 aromatic carbocycles. The Hall–Kier alpha value is -4.20. The summed E-state index contributed by atoms with van der Waals surface area (Å²) in [5.41, 5.74) is 3.14. The highest BCUT2D eigenvalue weighted by Crippen LogP contribution is 2.38. The fourth-order valence-electron chi connectivity index (χ4n) is 4.10. The Labute approximate surface area is 217 Å². The second-order valence-electron chi connectivity index (χ2n) is 8.48. The molecule has 0 fully saturated rings. The summed E-state index contributed by atoms with van der Waals surface area (Å²) in [5, 5.41) is 9.04. The molecule has 0 unspecified atom stereocenters. The van der Waals surface area contributed by atoms with E-state index in [1.165, 1.54) is 21.3 Å². The standard InChI is InChI=1S/C29H33NO7/c1-34-24-9-5-7-20(15-24)8-6-14-30(19-22-12-10-21(11-13-22)16-27(31)32)29(33)23-17-25(35-2)28(37-4)26(18-23)36-3/h5,7,9-13,15,17-18H,6,8,14,16,19H2,1-4H3,(H,31,32). The van der Waals surface area contributed by atoms with Crippen LogP contribution in [0.2, 0.25) is 0 Å². The van der Waals surface area contributed by atoms with E-state index in [2.05, 4.69) is 0 Å². The predicted molar refractivity (Wildman–Crippen MR) is 140 cm³/mol. The lowest BCUT2D eigenvalue weighted by Gasteiger charge is -2.24. The van der Waals surface area contributed by atoms with Crippen LogP contribution in [0.5, 0.6) is 23.0 Å². The fraction of sp³-hybridized carbons (Fsp3) is 0.310. The van der Waals surface area contributed by atoms with Gasteiger partial charge < -0.3 is 29.0 Å². The number of carboxylic acids is 1. The molecule has 0 bridgehead atoms. The van der Waals surface area contributed by atoms with Crippen LogP contribution < -0.4 is 18.9 Å². The zero-order valence-corrected chi connectivity index (χ0v) is 21.7. The molecule has 0 saturated heterocycles. The van der Waals surface area contributed by atoms with E-state index >= 15 is 0 Å². The molecular formula is C29H33NO7. The molecule has 0 aliphatic heterocycles. The van der Waals surface area contributed by atoms with E-state index in [9.17, 15) is 9.59 Å². The number of nitrogens with zero attached hydrogens (tertiary/aromatic N) is 1. The first-order valence-corrected chi connectivity index (χ1v) is 11.9. The fourth-order valence-corrected chi connectivity index (χ4v) is 4.10. The molecule has 3 aromatic rings. The van der Waals surface area contributed by atoms with Gasteiger partial charge in [-0.1, -0.05) is 36.4 Å². The first-order chi connectivity index (χ1) is 17.9. The maximum atomic E-state index is 13.7. The number of hydrogen-bond donors (Lipinski definition) is 1. The molecular weight excluding hydrogens is 474 g/mol. The summed E-state index contributed by atoms with van der Waals surface area (Å²) >= 11 is 0. The number of carbonyl (C=O) groups is 2. The number of carboxylic acid groups (broad SMARTS) is 1. The lowest BCUT2D eigenvalue weighted by Crippen LogP contribution is -2.32. The molecule has 3 rings (SSSR count). The van der Waals surface area contributed by atoms with Gasteiger partial charge in [-0.3, -0.25) is 9.59 Å². The van der Waals surface area contributed by atoms with Crippen molar-refractivity contribution in [3.63, 3.8) is 0 Å². The first-order valence-electron chi connectivity index (χ1n) is 11.9. The Balaban J connectivity index is 1.85. The van der Waals surface area contributed by atoms with Crippen LogP contribution in [0.1, 0.15) is 33.5 Å². The molecule has 0 saturated carbocycles. The van der Waals surface area contributed by atoms with Crippen LogP contribution in [-0.4, -0.2) is 56.9 Å².